The fourth-order valence-corrected chi connectivity index (χ4v) is 2.73. The third-order valence-electron chi connectivity index (χ3n) is 1.40. The summed E-state index contributed by atoms with van der Waals surface area (Å²) < 4.78 is 43.1. The fraction of sp³-hybridized carbons (Fsp3) is 0. The number of nitrogens with one attached hydrogen (secondary N) is 2. The second-order valence-corrected chi connectivity index (χ2v) is 5.20. The van der Waals surface area contributed by atoms with Crippen LogP contribution in [0.3, 0.4) is 0 Å². The normalized spacial score (nSPS) is 11.9. The molecule has 0 aliphatic rings. The molecule has 0 radical (unpaired) electrons. The Morgan fingerprint density at radius 2 is 1.80 bits per heavy atom. The van der Waals surface area contributed by atoms with Crippen LogP contribution in [0.25, 0.3) is 0 Å². The van der Waals surface area contributed by atoms with Gasteiger partial charge < -0.3 is 0 Å². The van der Waals surface area contributed by atoms with E-state index in [1.165, 1.54) is 18.2 Å². The van der Waals surface area contributed by atoms with Crippen molar-refractivity contribution in [3.63, 3.8) is 0 Å². The van der Waals surface area contributed by atoms with Gasteiger partial charge in [0, 0.05) is 0 Å². The van der Waals surface area contributed by atoms with Crippen molar-refractivity contribution < 1.29 is 16.8 Å². The van der Waals surface area contributed by atoms with E-state index in [1.54, 1.807) is 15.7 Å². The molecular weight excluding hydrogens is 264 g/mol. The first kappa shape index (κ1) is 12.4. The topological polar surface area (TPSA) is 92.3 Å². The van der Waals surface area contributed by atoms with Gasteiger partial charge in [-0.1, -0.05) is 23.7 Å². The second-order valence-electron chi connectivity index (χ2n) is 2.40. The summed E-state index contributed by atoms with van der Waals surface area (Å²) in [6.45, 7) is 0. The van der Waals surface area contributed by atoms with Crippen molar-refractivity contribution in [2.75, 3.05) is 0 Å². The van der Waals surface area contributed by atoms with Crippen LogP contribution in [-0.4, -0.2) is 16.8 Å². The Morgan fingerprint density at radius 3 is 2.33 bits per heavy atom. The van der Waals surface area contributed by atoms with Crippen LogP contribution in [0.15, 0.2) is 29.2 Å². The Balaban J connectivity index is 3.02. The molecule has 9 heteroatoms. The van der Waals surface area contributed by atoms with Gasteiger partial charge in [0.25, 0.3) is 10.0 Å². The maximum atomic E-state index is 11.4. The molecule has 0 amide bonds. The number of benzene rings is 1. The molecule has 0 spiro atoms. The van der Waals surface area contributed by atoms with Gasteiger partial charge in [0.15, 0.2) is 0 Å². The smallest absolute Gasteiger partial charge is 0.214 e. The van der Waals surface area contributed by atoms with Gasteiger partial charge in [-0.3, -0.25) is 0 Å². The highest BCUT2D eigenvalue weighted by atomic mass is 35.5. The molecule has 0 bridgehead atoms. The van der Waals surface area contributed by atoms with E-state index in [-0.39, 0.29) is 9.92 Å². The highest BCUT2D eigenvalue weighted by Crippen LogP contribution is 2.19. The van der Waals surface area contributed by atoms with Crippen molar-refractivity contribution in [2.45, 2.75) is 4.90 Å². The molecular formula is C6H7ClN2O4S2. The van der Waals surface area contributed by atoms with Crippen LogP contribution in [-0.2, 0) is 20.9 Å². The molecule has 0 aliphatic heterocycles. The quantitative estimate of drug-likeness (QED) is 0.515. The van der Waals surface area contributed by atoms with Crippen molar-refractivity contribution >= 4 is 32.5 Å². The van der Waals surface area contributed by atoms with Gasteiger partial charge in [-0.05, 0) is 12.1 Å². The van der Waals surface area contributed by atoms with Gasteiger partial charge in [-0.2, -0.15) is 0 Å². The predicted octanol–water partition coefficient (Wildman–Crippen LogP) is -0.351. The number of halogens is 1. The van der Waals surface area contributed by atoms with Crippen LogP contribution in [0.5, 0.6) is 0 Å². The van der Waals surface area contributed by atoms with E-state index in [4.69, 9.17) is 11.6 Å². The Hall–Kier alpha value is -0.670. The van der Waals surface area contributed by atoms with Crippen LogP contribution in [0.1, 0.15) is 0 Å². The lowest BCUT2D eigenvalue weighted by molar-refractivity contribution is 0.567. The van der Waals surface area contributed by atoms with E-state index in [0.717, 1.165) is 0 Å². The SMILES string of the molecule is O=[SH](=O)NNS(=O)(=O)c1ccccc1Cl. The van der Waals surface area contributed by atoms with Gasteiger partial charge in [0.2, 0.25) is 10.9 Å². The lowest BCUT2D eigenvalue weighted by Gasteiger charge is -2.05. The molecule has 0 fully saturated rings. The predicted molar refractivity (Wildman–Crippen MR) is 55.2 cm³/mol. The first-order chi connectivity index (χ1) is 6.93. The first-order valence-electron chi connectivity index (χ1n) is 3.60. The van der Waals surface area contributed by atoms with Gasteiger partial charge >= 0.3 is 0 Å². The summed E-state index contributed by atoms with van der Waals surface area (Å²) in [5.74, 6) is 0. The molecule has 0 heterocycles. The molecule has 0 aliphatic carbocycles. The van der Waals surface area contributed by atoms with Crippen molar-refractivity contribution in [1.29, 1.82) is 0 Å². The van der Waals surface area contributed by atoms with E-state index in [2.05, 4.69) is 0 Å². The third-order valence-corrected chi connectivity index (χ3v) is 3.59. The number of rotatable bonds is 4. The van der Waals surface area contributed by atoms with E-state index in [0.29, 0.717) is 0 Å². The summed E-state index contributed by atoms with van der Waals surface area (Å²) in [5.41, 5.74) is 0. The maximum absolute atomic E-state index is 11.4. The summed E-state index contributed by atoms with van der Waals surface area (Å²) >= 11 is 5.63. The molecule has 1 aromatic rings. The Morgan fingerprint density at radius 1 is 1.20 bits per heavy atom. The molecule has 84 valence electrons. The highest BCUT2D eigenvalue weighted by molar-refractivity contribution is 7.90. The molecule has 0 unspecified atom stereocenters. The molecule has 1 aromatic carbocycles. The Kier molecular flexibility index (Phi) is 4.05. The van der Waals surface area contributed by atoms with Crippen LogP contribution in [0, 0.1) is 0 Å². The standard InChI is InChI=1S/C6H7ClN2O4S2/c7-5-3-1-2-4-6(5)15(12,13)9-8-14(10)11/h1-4,9,14H,(H,8,10,11). The molecule has 0 saturated carbocycles. The van der Waals surface area contributed by atoms with Gasteiger partial charge in [0.1, 0.15) is 4.90 Å². The maximum Gasteiger partial charge on any atom is 0.255 e. The molecule has 0 saturated heterocycles. The zero-order valence-corrected chi connectivity index (χ0v) is 9.64. The molecule has 0 aromatic heterocycles. The average molecular weight is 271 g/mol. The zero-order valence-electron chi connectivity index (χ0n) is 7.18. The largest absolute Gasteiger partial charge is 0.255 e. The molecule has 1 rings (SSSR count). The van der Waals surface area contributed by atoms with Crippen molar-refractivity contribution in [1.82, 2.24) is 9.66 Å². The van der Waals surface area contributed by atoms with E-state index >= 15 is 0 Å². The second kappa shape index (κ2) is 4.90. The van der Waals surface area contributed by atoms with E-state index in [9.17, 15) is 16.8 Å². The average Bonchev–Trinajstić information content (AvgIpc) is 2.15. The lowest BCUT2D eigenvalue weighted by atomic mass is 10.4. The number of hydrogen-bond donors (Lipinski definition) is 3. The van der Waals surface area contributed by atoms with Crippen molar-refractivity contribution in [2.24, 2.45) is 0 Å². The van der Waals surface area contributed by atoms with Crippen molar-refractivity contribution in [3.05, 3.63) is 29.3 Å². The molecule has 15 heavy (non-hydrogen) atoms. The summed E-state index contributed by atoms with van der Waals surface area (Å²) in [6, 6.07) is 5.66. The van der Waals surface area contributed by atoms with Crippen LogP contribution in [0.4, 0.5) is 0 Å². The van der Waals surface area contributed by atoms with Gasteiger partial charge in [0.05, 0.1) is 5.02 Å². The lowest BCUT2D eigenvalue weighted by Crippen LogP contribution is -2.36. The highest BCUT2D eigenvalue weighted by Gasteiger charge is 2.16. The van der Waals surface area contributed by atoms with Crippen LogP contribution < -0.4 is 9.66 Å². The molecule has 0 atom stereocenters. The van der Waals surface area contributed by atoms with Crippen LogP contribution >= 0.6 is 11.6 Å². The monoisotopic (exact) mass is 270 g/mol. The summed E-state index contributed by atoms with van der Waals surface area (Å²) in [7, 11) is -7.01. The molecule has 2 N–H and O–H groups in total. The minimum atomic E-state index is -3.96. The van der Waals surface area contributed by atoms with Gasteiger partial charge in [-0.25, -0.2) is 16.8 Å². The zero-order chi connectivity index (χ0) is 11.5. The summed E-state index contributed by atoms with van der Waals surface area (Å²) in [5, 5.41) is 0.00734. The minimum absolute atomic E-state index is 0.00734. The first-order valence-corrected chi connectivity index (χ1v) is 6.64. The number of hydrogen-bond acceptors (Lipinski definition) is 4. The van der Waals surface area contributed by atoms with E-state index in [1.807, 2.05) is 0 Å². The number of sulfonamides is 1. The van der Waals surface area contributed by atoms with E-state index < -0.39 is 20.9 Å². The number of hydrazine groups is 1. The van der Waals surface area contributed by atoms with Gasteiger partial charge in [-0.15, -0.1) is 9.66 Å². The Bertz CT molecular complexity index is 518. The molecule has 6 nitrogen and oxygen atoms in total. The summed E-state index contributed by atoms with van der Waals surface area (Å²) in [6.07, 6.45) is 0. The minimum Gasteiger partial charge on any atom is -0.214 e. The fourth-order valence-electron chi connectivity index (χ4n) is 0.815. The number of thiol groups is 1. The van der Waals surface area contributed by atoms with Crippen molar-refractivity contribution in [3.8, 4) is 0 Å². The summed E-state index contributed by atoms with van der Waals surface area (Å²) in [4.78, 5) is 3.03. The third kappa shape index (κ3) is 3.43. The Labute approximate surface area is 93.4 Å². The van der Waals surface area contributed by atoms with Crippen LogP contribution in [0.2, 0.25) is 5.02 Å².